The molecule has 0 aliphatic carbocycles. The smallest absolute Gasteiger partial charge is 0.133 e. The summed E-state index contributed by atoms with van der Waals surface area (Å²) in [5.41, 5.74) is 1.25. The highest BCUT2D eigenvalue weighted by Gasteiger charge is 2.14. The van der Waals surface area contributed by atoms with Crippen LogP contribution in [-0.4, -0.2) is 21.3 Å². The average molecular weight is 356 g/mol. The van der Waals surface area contributed by atoms with Crippen molar-refractivity contribution in [2.24, 2.45) is 0 Å². The number of hydrogen-bond donors (Lipinski definition) is 1. The first-order valence-corrected chi connectivity index (χ1v) is 7.97. The molecule has 1 heterocycles. The summed E-state index contributed by atoms with van der Waals surface area (Å²) in [6.45, 7) is 0. The summed E-state index contributed by atoms with van der Waals surface area (Å²) < 4.78 is 11.5. The fourth-order valence-electron chi connectivity index (χ4n) is 2.04. The number of likely N-dealkylation sites (N-methyl/N-ethyl adjacent to an activating group) is 1. The van der Waals surface area contributed by atoms with Gasteiger partial charge in [0.1, 0.15) is 11.5 Å². The van der Waals surface area contributed by atoms with Crippen LogP contribution in [0.2, 0.25) is 0 Å². The van der Waals surface area contributed by atoms with Gasteiger partial charge in [0.25, 0.3) is 0 Å². The topological polar surface area (TPSA) is 30.5 Å². The van der Waals surface area contributed by atoms with Crippen molar-refractivity contribution in [3.8, 4) is 11.5 Å². The van der Waals surface area contributed by atoms with Gasteiger partial charge in [0.15, 0.2) is 0 Å². The minimum atomic E-state index is 0.282. The molecule has 108 valence electrons. The van der Waals surface area contributed by atoms with Crippen LogP contribution >= 0.6 is 27.3 Å². The molecule has 1 unspecified atom stereocenters. The van der Waals surface area contributed by atoms with Gasteiger partial charge >= 0.3 is 0 Å². The largest absolute Gasteiger partial charge is 0.496 e. The molecule has 0 saturated carbocycles. The molecule has 1 aromatic heterocycles. The maximum Gasteiger partial charge on any atom is 0.133 e. The molecule has 2 aromatic rings. The molecule has 1 atom stereocenters. The molecular weight excluding hydrogens is 338 g/mol. The summed E-state index contributed by atoms with van der Waals surface area (Å²) in [6, 6.07) is 8.56. The molecule has 0 saturated heterocycles. The van der Waals surface area contributed by atoms with Crippen LogP contribution < -0.4 is 14.8 Å². The molecule has 0 radical (unpaired) electrons. The van der Waals surface area contributed by atoms with E-state index in [2.05, 4.69) is 39.4 Å². The SMILES string of the molecule is CNC(Cc1ccc(OC)c(Br)c1)c1cc(OC)cs1. The highest BCUT2D eigenvalue weighted by Crippen LogP contribution is 2.31. The van der Waals surface area contributed by atoms with Crippen LogP contribution in [0.15, 0.2) is 34.1 Å². The summed E-state index contributed by atoms with van der Waals surface area (Å²) in [5.74, 6) is 1.77. The summed E-state index contributed by atoms with van der Waals surface area (Å²) in [7, 11) is 5.35. The van der Waals surface area contributed by atoms with Gasteiger partial charge in [-0.1, -0.05) is 6.07 Å². The molecule has 1 aromatic carbocycles. The van der Waals surface area contributed by atoms with Crippen LogP contribution in [0.5, 0.6) is 11.5 Å². The van der Waals surface area contributed by atoms with E-state index in [-0.39, 0.29) is 6.04 Å². The fourth-order valence-corrected chi connectivity index (χ4v) is 3.60. The lowest BCUT2D eigenvalue weighted by Gasteiger charge is -2.15. The summed E-state index contributed by atoms with van der Waals surface area (Å²) >= 11 is 5.24. The number of ether oxygens (including phenoxy) is 2. The zero-order valence-electron chi connectivity index (χ0n) is 11.8. The molecule has 5 heteroatoms. The van der Waals surface area contributed by atoms with Gasteiger partial charge in [-0.2, -0.15) is 0 Å². The Morgan fingerprint density at radius 1 is 1.25 bits per heavy atom. The van der Waals surface area contributed by atoms with Gasteiger partial charge in [0.2, 0.25) is 0 Å². The van der Waals surface area contributed by atoms with E-state index in [1.54, 1.807) is 25.6 Å². The standard InChI is InChI=1S/C15H18BrNO2S/c1-17-13(15-8-11(18-2)9-20-15)7-10-4-5-14(19-3)12(16)6-10/h4-6,8-9,13,17H,7H2,1-3H3. The van der Waals surface area contributed by atoms with Crippen LogP contribution in [0.3, 0.4) is 0 Å². The lowest BCUT2D eigenvalue weighted by molar-refractivity contribution is 0.412. The van der Waals surface area contributed by atoms with Crippen LogP contribution in [0.25, 0.3) is 0 Å². The van der Waals surface area contributed by atoms with Gasteiger partial charge in [-0.25, -0.2) is 0 Å². The molecule has 0 bridgehead atoms. The number of thiophene rings is 1. The minimum Gasteiger partial charge on any atom is -0.496 e. The normalized spacial score (nSPS) is 12.2. The van der Waals surface area contributed by atoms with Gasteiger partial charge in [-0.3, -0.25) is 0 Å². The highest BCUT2D eigenvalue weighted by atomic mass is 79.9. The molecule has 1 N–H and O–H groups in total. The van der Waals surface area contributed by atoms with Gasteiger partial charge in [-0.15, -0.1) is 11.3 Å². The van der Waals surface area contributed by atoms with Crippen molar-refractivity contribution in [1.29, 1.82) is 0 Å². The Balaban J connectivity index is 2.15. The number of halogens is 1. The van der Waals surface area contributed by atoms with Crippen molar-refractivity contribution >= 4 is 27.3 Å². The zero-order chi connectivity index (χ0) is 14.5. The van der Waals surface area contributed by atoms with E-state index in [1.165, 1.54) is 10.4 Å². The maximum atomic E-state index is 5.26. The number of hydrogen-bond acceptors (Lipinski definition) is 4. The molecule has 0 aliphatic rings. The van der Waals surface area contributed by atoms with E-state index >= 15 is 0 Å². The summed E-state index contributed by atoms with van der Waals surface area (Å²) in [5, 5.41) is 5.39. The Kier molecular flexibility index (Phi) is 5.46. The average Bonchev–Trinajstić information content (AvgIpc) is 2.93. The molecule has 0 fully saturated rings. The Labute approximate surface area is 132 Å². The molecule has 20 heavy (non-hydrogen) atoms. The van der Waals surface area contributed by atoms with Gasteiger partial charge in [0.05, 0.1) is 18.7 Å². The van der Waals surface area contributed by atoms with Gasteiger partial charge < -0.3 is 14.8 Å². The highest BCUT2D eigenvalue weighted by molar-refractivity contribution is 9.10. The predicted octanol–water partition coefficient (Wildman–Crippen LogP) is 4.03. The predicted molar refractivity (Wildman–Crippen MR) is 87.1 cm³/mol. The van der Waals surface area contributed by atoms with Crippen molar-refractivity contribution in [2.45, 2.75) is 12.5 Å². The van der Waals surface area contributed by atoms with Gasteiger partial charge in [0, 0.05) is 16.3 Å². The van der Waals surface area contributed by atoms with E-state index in [4.69, 9.17) is 9.47 Å². The molecular formula is C15H18BrNO2S. The first-order chi connectivity index (χ1) is 9.67. The van der Waals surface area contributed by atoms with Crippen molar-refractivity contribution in [1.82, 2.24) is 5.32 Å². The van der Waals surface area contributed by atoms with Crippen LogP contribution in [0.4, 0.5) is 0 Å². The summed E-state index contributed by atoms with van der Waals surface area (Å²) in [4.78, 5) is 1.27. The number of nitrogens with one attached hydrogen (secondary N) is 1. The van der Waals surface area contributed by atoms with Crippen molar-refractivity contribution in [3.63, 3.8) is 0 Å². The molecule has 0 amide bonds. The van der Waals surface area contributed by atoms with E-state index in [0.717, 1.165) is 22.4 Å². The minimum absolute atomic E-state index is 0.282. The molecule has 2 rings (SSSR count). The van der Waals surface area contributed by atoms with Crippen molar-refractivity contribution < 1.29 is 9.47 Å². The second kappa shape index (κ2) is 7.11. The number of methoxy groups -OCH3 is 2. The lowest BCUT2D eigenvalue weighted by Crippen LogP contribution is -2.17. The first-order valence-electron chi connectivity index (χ1n) is 6.30. The summed E-state index contributed by atoms with van der Waals surface area (Å²) in [6.07, 6.45) is 0.919. The quantitative estimate of drug-likeness (QED) is 0.848. The Bertz CT molecular complexity index is 571. The number of rotatable bonds is 6. The van der Waals surface area contributed by atoms with Crippen LogP contribution in [0, 0.1) is 0 Å². The Morgan fingerprint density at radius 2 is 2.05 bits per heavy atom. The zero-order valence-corrected chi connectivity index (χ0v) is 14.2. The lowest BCUT2D eigenvalue weighted by atomic mass is 10.0. The maximum absolute atomic E-state index is 5.26. The van der Waals surface area contributed by atoms with E-state index in [0.29, 0.717) is 0 Å². The van der Waals surface area contributed by atoms with Crippen molar-refractivity contribution in [3.05, 3.63) is 44.6 Å². The monoisotopic (exact) mass is 355 g/mol. The fraction of sp³-hybridized carbons (Fsp3) is 0.333. The first kappa shape index (κ1) is 15.4. The molecule has 3 nitrogen and oxygen atoms in total. The number of benzene rings is 1. The second-order valence-corrected chi connectivity index (χ2v) is 6.20. The third-order valence-corrected chi connectivity index (χ3v) is 4.82. The third kappa shape index (κ3) is 3.53. The van der Waals surface area contributed by atoms with E-state index in [1.807, 2.05) is 18.5 Å². The second-order valence-electron chi connectivity index (χ2n) is 4.40. The Morgan fingerprint density at radius 3 is 2.60 bits per heavy atom. The third-order valence-electron chi connectivity index (χ3n) is 3.18. The van der Waals surface area contributed by atoms with Crippen LogP contribution in [-0.2, 0) is 6.42 Å². The van der Waals surface area contributed by atoms with E-state index < -0.39 is 0 Å². The van der Waals surface area contributed by atoms with E-state index in [9.17, 15) is 0 Å². The molecule has 0 spiro atoms. The van der Waals surface area contributed by atoms with Crippen LogP contribution in [0.1, 0.15) is 16.5 Å². The Hall–Kier alpha value is -1.04. The van der Waals surface area contributed by atoms with Gasteiger partial charge in [-0.05, 0) is 53.2 Å². The van der Waals surface area contributed by atoms with Crippen molar-refractivity contribution in [2.75, 3.05) is 21.3 Å². The molecule has 0 aliphatic heterocycles.